The van der Waals surface area contributed by atoms with E-state index in [0.29, 0.717) is 4.96 Å². The molecular weight excluding hydrogens is 336 g/mol. The zero-order chi connectivity index (χ0) is 15.7. The SMILES string of the molecule is CCS(=O)(=O)CCNS(=O)(=O)c1c(NC)nc2sccn12. The Labute approximate surface area is 127 Å². The van der Waals surface area contributed by atoms with Crippen molar-refractivity contribution in [1.29, 1.82) is 0 Å². The van der Waals surface area contributed by atoms with Crippen LogP contribution in [0.15, 0.2) is 16.6 Å². The van der Waals surface area contributed by atoms with Crippen LogP contribution in [0.1, 0.15) is 6.92 Å². The van der Waals surface area contributed by atoms with Gasteiger partial charge in [-0.2, -0.15) is 0 Å². The van der Waals surface area contributed by atoms with Crippen LogP contribution in [0.5, 0.6) is 0 Å². The maximum atomic E-state index is 12.4. The maximum Gasteiger partial charge on any atom is 0.260 e. The molecule has 21 heavy (non-hydrogen) atoms. The number of sulfonamides is 1. The summed E-state index contributed by atoms with van der Waals surface area (Å²) in [5, 5.41) is 4.44. The zero-order valence-corrected chi connectivity index (χ0v) is 14.0. The summed E-state index contributed by atoms with van der Waals surface area (Å²) >= 11 is 1.31. The van der Waals surface area contributed by atoms with Gasteiger partial charge in [0.1, 0.15) is 0 Å². The lowest BCUT2D eigenvalue weighted by molar-refractivity contribution is 0.577. The predicted molar refractivity (Wildman–Crippen MR) is 82.1 cm³/mol. The summed E-state index contributed by atoms with van der Waals surface area (Å²) in [5.74, 6) is -0.0195. The molecule has 0 aromatic carbocycles. The van der Waals surface area contributed by atoms with Gasteiger partial charge < -0.3 is 5.32 Å². The Morgan fingerprint density at radius 2 is 2.05 bits per heavy atom. The summed E-state index contributed by atoms with van der Waals surface area (Å²) in [7, 11) is -5.50. The van der Waals surface area contributed by atoms with Crippen molar-refractivity contribution in [2.45, 2.75) is 11.9 Å². The zero-order valence-electron chi connectivity index (χ0n) is 11.5. The third-order valence-electron chi connectivity index (χ3n) is 2.85. The molecule has 0 aliphatic rings. The highest BCUT2D eigenvalue weighted by Gasteiger charge is 2.25. The lowest BCUT2D eigenvalue weighted by Gasteiger charge is -2.07. The molecule has 0 aliphatic carbocycles. The van der Waals surface area contributed by atoms with E-state index in [0.717, 1.165) is 0 Å². The molecule has 0 aliphatic heterocycles. The van der Waals surface area contributed by atoms with Gasteiger partial charge >= 0.3 is 0 Å². The fourth-order valence-corrected chi connectivity index (χ4v) is 4.65. The van der Waals surface area contributed by atoms with Gasteiger partial charge in [0, 0.05) is 30.9 Å². The Kier molecular flexibility index (Phi) is 4.56. The smallest absolute Gasteiger partial charge is 0.260 e. The second-order valence-corrected chi connectivity index (χ2v) is 9.23. The highest BCUT2D eigenvalue weighted by molar-refractivity contribution is 7.91. The van der Waals surface area contributed by atoms with Gasteiger partial charge in [0.05, 0.1) is 5.75 Å². The van der Waals surface area contributed by atoms with Gasteiger partial charge in [0.25, 0.3) is 10.0 Å². The second kappa shape index (κ2) is 5.91. The van der Waals surface area contributed by atoms with E-state index in [9.17, 15) is 16.8 Å². The molecule has 2 heterocycles. The predicted octanol–water partition coefficient (Wildman–Crippen LogP) is 0.150. The molecule has 0 atom stereocenters. The van der Waals surface area contributed by atoms with Gasteiger partial charge in [-0.3, -0.25) is 4.40 Å². The minimum absolute atomic E-state index is 0.0159. The first-order chi connectivity index (χ1) is 9.80. The van der Waals surface area contributed by atoms with Crippen molar-refractivity contribution in [2.24, 2.45) is 0 Å². The topological polar surface area (TPSA) is 110 Å². The Balaban J connectivity index is 2.27. The summed E-state index contributed by atoms with van der Waals surface area (Å²) in [6.07, 6.45) is 1.60. The summed E-state index contributed by atoms with van der Waals surface area (Å²) in [5.41, 5.74) is 0. The van der Waals surface area contributed by atoms with Crippen molar-refractivity contribution in [3.63, 3.8) is 0 Å². The van der Waals surface area contributed by atoms with Gasteiger partial charge in [-0.25, -0.2) is 26.5 Å². The van der Waals surface area contributed by atoms with Crippen LogP contribution in [0.2, 0.25) is 0 Å². The third kappa shape index (κ3) is 3.36. The Bertz CT molecular complexity index is 835. The Hall–Kier alpha value is -1.17. The molecule has 0 amide bonds. The van der Waals surface area contributed by atoms with Crippen LogP contribution in [-0.2, 0) is 19.9 Å². The van der Waals surface area contributed by atoms with Crippen LogP contribution >= 0.6 is 11.3 Å². The minimum Gasteiger partial charge on any atom is -0.371 e. The molecule has 11 heteroatoms. The number of nitrogens with one attached hydrogen (secondary N) is 2. The molecule has 118 valence electrons. The largest absolute Gasteiger partial charge is 0.371 e. The summed E-state index contributed by atoms with van der Waals surface area (Å²) in [6.45, 7) is 1.35. The molecule has 8 nitrogen and oxygen atoms in total. The quantitative estimate of drug-likeness (QED) is 0.734. The number of sulfone groups is 1. The molecule has 0 fully saturated rings. The lowest BCUT2D eigenvalue weighted by atomic mass is 10.7. The van der Waals surface area contributed by atoms with E-state index in [1.807, 2.05) is 0 Å². The van der Waals surface area contributed by atoms with Crippen molar-refractivity contribution in [1.82, 2.24) is 14.1 Å². The van der Waals surface area contributed by atoms with Crippen molar-refractivity contribution >= 4 is 42.0 Å². The molecular formula is C10H16N4O4S3. The maximum absolute atomic E-state index is 12.4. The monoisotopic (exact) mass is 352 g/mol. The van der Waals surface area contributed by atoms with Crippen molar-refractivity contribution in [2.75, 3.05) is 30.4 Å². The molecule has 2 aromatic rings. The number of aromatic nitrogens is 2. The second-order valence-electron chi connectivity index (χ2n) is 4.21. The highest BCUT2D eigenvalue weighted by Crippen LogP contribution is 2.24. The van der Waals surface area contributed by atoms with Gasteiger partial charge in [-0.15, -0.1) is 11.3 Å². The normalized spacial score (nSPS) is 12.9. The lowest BCUT2D eigenvalue weighted by Crippen LogP contribution is -2.30. The van der Waals surface area contributed by atoms with Gasteiger partial charge in [-0.1, -0.05) is 6.92 Å². The van der Waals surface area contributed by atoms with Gasteiger partial charge in [0.15, 0.2) is 25.6 Å². The van der Waals surface area contributed by atoms with Crippen molar-refractivity contribution in [3.8, 4) is 0 Å². The molecule has 0 radical (unpaired) electrons. The van der Waals surface area contributed by atoms with Crippen LogP contribution in [0.25, 0.3) is 4.96 Å². The van der Waals surface area contributed by atoms with E-state index < -0.39 is 19.9 Å². The number of fused-ring (bicyclic) bond motifs is 1. The summed E-state index contributed by atoms with van der Waals surface area (Å²) in [4.78, 5) is 4.71. The molecule has 2 N–H and O–H groups in total. The average Bonchev–Trinajstić information content (AvgIpc) is 2.97. The highest BCUT2D eigenvalue weighted by atomic mass is 32.2. The molecule has 2 rings (SSSR count). The molecule has 0 spiro atoms. The van der Waals surface area contributed by atoms with Crippen LogP contribution in [-0.4, -0.2) is 51.3 Å². The first kappa shape index (κ1) is 16.2. The van der Waals surface area contributed by atoms with Crippen LogP contribution in [0, 0.1) is 0 Å². The van der Waals surface area contributed by atoms with Gasteiger partial charge in [-0.05, 0) is 0 Å². The van der Waals surface area contributed by atoms with Crippen LogP contribution in [0.3, 0.4) is 0 Å². The van der Waals surface area contributed by atoms with Crippen LogP contribution < -0.4 is 10.0 Å². The standard InChI is InChI=1S/C10H16N4O4S3/c1-3-20(15,16)7-4-12-21(17,18)9-8(11-2)13-10-14(9)5-6-19-10/h5-6,11-12H,3-4,7H2,1-2H3. The number of nitrogens with zero attached hydrogens (tertiary/aromatic N) is 2. The van der Waals surface area contributed by atoms with Crippen molar-refractivity contribution in [3.05, 3.63) is 11.6 Å². The number of hydrogen-bond acceptors (Lipinski definition) is 7. The van der Waals surface area contributed by atoms with E-state index in [2.05, 4.69) is 15.0 Å². The van der Waals surface area contributed by atoms with E-state index >= 15 is 0 Å². The van der Waals surface area contributed by atoms with Crippen molar-refractivity contribution < 1.29 is 16.8 Å². The summed E-state index contributed by atoms with van der Waals surface area (Å²) < 4.78 is 51.3. The molecule has 0 saturated heterocycles. The van der Waals surface area contributed by atoms with E-state index in [4.69, 9.17) is 0 Å². The Morgan fingerprint density at radius 3 is 2.67 bits per heavy atom. The minimum atomic E-state index is -3.86. The summed E-state index contributed by atoms with van der Waals surface area (Å²) in [6, 6.07) is 0. The number of thiazole rings is 1. The Morgan fingerprint density at radius 1 is 1.33 bits per heavy atom. The molecule has 2 aromatic heterocycles. The fourth-order valence-electron chi connectivity index (χ4n) is 1.73. The van der Waals surface area contributed by atoms with Crippen LogP contribution in [0.4, 0.5) is 5.82 Å². The first-order valence-corrected chi connectivity index (χ1v) is 10.3. The van der Waals surface area contributed by atoms with E-state index in [-0.39, 0.29) is 28.9 Å². The van der Waals surface area contributed by atoms with E-state index in [1.54, 1.807) is 18.6 Å². The first-order valence-electron chi connectivity index (χ1n) is 6.14. The average molecular weight is 352 g/mol. The number of anilines is 1. The third-order valence-corrected chi connectivity index (χ3v) is 6.80. The molecule has 0 bridgehead atoms. The van der Waals surface area contributed by atoms with E-state index in [1.165, 1.54) is 22.7 Å². The molecule has 0 saturated carbocycles. The number of imidazole rings is 1. The number of hydrogen-bond donors (Lipinski definition) is 2. The number of rotatable bonds is 7. The van der Waals surface area contributed by atoms with Gasteiger partial charge in [0.2, 0.25) is 0 Å². The fraction of sp³-hybridized carbons (Fsp3) is 0.500. The molecule has 0 unspecified atom stereocenters.